The molecule has 0 aliphatic carbocycles. The maximum Gasteiger partial charge on any atom is 0.0495 e. The highest BCUT2D eigenvalue weighted by molar-refractivity contribution is 4.35. The third kappa shape index (κ3) is 56.4. The molecule has 0 atom stereocenters. The Labute approximate surface area is 99.7 Å². The third-order valence-electron chi connectivity index (χ3n) is 1.27. The van der Waals surface area contributed by atoms with E-state index >= 15 is 0 Å². The molecule has 15 heavy (non-hydrogen) atoms. The second-order valence-electron chi connectivity index (χ2n) is 3.65. The summed E-state index contributed by atoms with van der Waals surface area (Å²) in [6.45, 7) is 9.45. The molecular formula is C13H36N2. The van der Waals surface area contributed by atoms with E-state index in [-0.39, 0.29) is 7.43 Å². The lowest BCUT2D eigenvalue weighted by atomic mass is 10.3. The maximum absolute atomic E-state index is 2.21. The first-order valence-electron chi connectivity index (χ1n) is 5.84. The zero-order chi connectivity index (χ0) is 12.0. The highest BCUT2D eigenvalue weighted by atomic mass is 15.2. The van der Waals surface area contributed by atoms with Gasteiger partial charge in [0.05, 0.1) is 0 Å². The van der Waals surface area contributed by atoms with Crippen LogP contribution in [0.1, 0.15) is 54.4 Å². The largest absolute Gasteiger partial charge is 0.297 e. The lowest BCUT2D eigenvalue weighted by molar-refractivity contribution is 0.245. The van der Waals surface area contributed by atoms with Crippen molar-refractivity contribution in [3.8, 4) is 0 Å². The summed E-state index contributed by atoms with van der Waals surface area (Å²) in [5.41, 5.74) is 0. The summed E-state index contributed by atoms with van der Waals surface area (Å²) in [4.78, 5) is 4.25. The van der Waals surface area contributed by atoms with E-state index in [0.717, 1.165) is 6.67 Å². The van der Waals surface area contributed by atoms with Crippen molar-refractivity contribution >= 4 is 0 Å². The zero-order valence-electron chi connectivity index (χ0n) is 11.7. The van der Waals surface area contributed by atoms with Crippen LogP contribution in [0, 0.1) is 0 Å². The molecule has 0 heterocycles. The van der Waals surface area contributed by atoms with E-state index < -0.39 is 0 Å². The number of unbranched alkanes of at least 4 members (excludes halogenated alkanes) is 2. The molecule has 2 heteroatoms. The molecule has 0 saturated carbocycles. The van der Waals surface area contributed by atoms with Crippen LogP contribution in [0.3, 0.4) is 0 Å². The summed E-state index contributed by atoms with van der Waals surface area (Å²) in [6, 6.07) is 0. The molecule has 0 amide bonds. The third-order valence-corrected chi connectivity index (χ3v) is 1.27. The van der Waals surface area contributed by atoms with Gasteiger partial charge in [-0.15, -0.1) is 0 Å². The van der Waals surface area contributed by atoms with Gasteiger partial charge in [-0.3, -0.25) is 9.80 Å². The predicted octanol–water partition coefficient (Wildman–Crippen LogP) is 3.93. The first-order valence-corrected chi connectivity index (χ1v) is 5.84. The Morgan fingerprint density at radius 1 is 0.733 bits per heavy atom. The van der Waals surface area contributed by atoms with E-state index in [1.165, 1.54) is 19.3 Å². The molecule has 0 aromatic carbocycles. The Hall–Kier alpha value is -0.0800. The molecule has 0 aliphatic heterocycles. The monoisotopic (exact) mass is 220 g/mol. The van der Waals surface area contributed by atoms with Crippen LogP contribution in [-0.2, 0) is 0 Å². The molecule has 0 fully saturated rings. The summed E-state index contributed by atoms with van der Waals surface area (Å²) in [5.74, 6) is 0. The summed E-state index contributed by atoms with van der Waals surface area (Å²) < 4.78 is 0. The number of hydrogen-bond donors (Lipinski definition) is 0. The minimum atomic E-state index is 0. The first kappa shape index (κ1) is 24.2. The van der Waals surface area contributed by atoms with Crippen LogP contribution in [0.15, 0.2) is 0 Å². The molecule has 0 rings (SSSR count). The lowest BCUT2D eigenvalue weighted by Crippen LogP contribution is -2.26. The maximum atomic E-state index is 2.21. The minimum absolute atomic E-state index is 0. The fourth-order valence-electron chi connectivity index (χ4n) is 0.919. The Morgan fingerprint density at radius 3 is 1.00 bits per heavy atom. The van der Waals surface area contributed by atoms with Crippen molar-refractivity contribution in [1.29, 1.82) is 0 Å². The van der Waals surface area contributed by atoms with E-state index in [9.17, 15) is 0 Å². The van der Waals surface area contributed by atoms with Gasteiger partial charge in [0.2, 0.25) is 0 Å². The Bertz CT molecular complexity index is 62.9. The van der Waals surface area contributed by atoms with E-state index in [0.29, 0.717) is 0 Å². The second-order valence-corrected chi connectivity index (χ2v) is 3.65. The normalized spacial score (nSPS) is 8.40. The fourth-order valence-corrected chi connectivity index (χ4v) is 0.919. The highest BCUT2D eigenvalue weighted by Crippen LogP contribution is 1.88. The molecule has 0 aliphatic rings. The molecular weight excluding hydrogens is 184 g/mol. The Balaban J connectivity index is -0.0000000675. The number of rotatable bonds is 4. The van der Waals surface area contributed by atoms with E-state index in [1.54, 1.807) is 0 Å². The molecule has 0 saturated heterocycles. The van der Waals surface area contributed by atoms with Crippen molar-refractivity contribution in [3.05, 3.63) is 0 Å². The van der Waals surface area contributed by atoms with Crippen molar-refractivity contribution in [2.45, 2.75) is 54.4 Å². The van der Waals surface area contributed by atoms with Crippen molar-refractivity contribution in [2.75, 3.05) is 34.9 Å². The van der Waals surface area contributed by atoms with E-state index in [1.807, 2.05) is 13.8 Å². The molecule has 0 aromatic heterocycles. The number of nitrogens with zero attached hydrogens (tertiary/aromatic N) is 2. The molecule has 0 bridgehead atoms. The van der Waals surface area contributed by atoms with Crippen LogP contribution in [0.4, 0.5) is 0 Å². The van der Waals surface area contributed by atoms with Gasteiger partial charge in [-0.1, -0.05) is 54.4 Å². The van der Waals surface area contributed by atoms with Gasteiger partial charge in [-0.25, -0.2) is 0 Å². The van der Waals surface area contributed by atoms with Crippen molar-refractivity contribution in [3.63, 3.8) is 0 Å². The minimum Gasteiger partial charge on any atom is -0.297 e. The van der Waals surface area contributed by atoms with E-state index in [2.05, 4.69) is 51.8 Å². The predicted molar refractivity (Wildman–Crippen MR) is 75.5 cm³/mol. The molecule has 98 valence electrons. The van der Waals surface area contributed by atoms with Gasteiger partial charge in [0.25, 0.3) is 0 Å². The lowest BCUT2D eigenvalue weighted by Gasteiger charge is -2.14. The van der Waals surface area contributed by atoms with Crippen LogP contribution in [0.5, 0.6) is 0 Å². The van der Waals surface area contributed by atoms with Gasteiger partial charge in [0.1, 0.15) is 0 Å². The van der Waals surface area contributed by atoms with Crippen LogP contribution in [0.25, 0.3) is 0 Å². The first-order chi connectivity index (χ1) is 6.54. The molecule has 0 radical (unpaired) electrons. The summed E-state index contributed by atoms with van der Waals surface area (Å²) in [7, 11) is 8.22. The summed E-state index contributed by atoms with van der Waals surface area (Å²) in [5, 5.41) is 0. The van der Waals surface area contributed by atoms with Crippen LogP contribution >= 0.6 is 0 Å². The van der Waals surface area contributed by atoms with Gasteiger partial charge in [-0.2, -0.15) is 0 Å². The van der Waals surface area contributed by atoms with Gasteiger partial charge >= 0.3 is 0 Å². The van der Waals surface area contributed by atoms with Crippen LogP contribution in [-0.4, -0.2) is 44.7 Å². The van der Waals surface area contributed by atoms with Gasteiger partial charge in [0, 0.05) is 6.67 Å². The van der Waals surface area contributed by atoms with Crippen molar-refractivity contribution in [1.82, 2.24) is 9.80 Å². The zero-order valence-corrected chi connectivity index (χ0v) is 11.7. The van der Waals surface area contributed by atoms with Gasteiger partial charge < -0.3 is 0 Å². The molecule has 0 unspecified atom stereocenters. The van der Waals surface area contributed by atoms with Crippen LogP contribution < -0.4 is 0 Å². The Morgan fingerprint density at radius 2 is 1.00 bits per heavy atom. The smallest absolute Gasteiger partial charge is 0.0495 e. The summed E-state index contributed by atoms with van der Waals surface area (Å²) >= 11 is 0. The molecule has 0 aromatic rings. The highest BCUT2D eigenvalue weighted by Gasteiger charge is 1.87. The Kier molecular flexibility index (Phi) is 38.2. The van der Waals surface area contributed by atoms with Crippen molar-refractivity contribution in [2.24, 2.45) is 0 Å². The molecule has 0 N–H and O–H groups in total. The van der Waals surface area contributed by atoms with Gasteiger partial charge in [0.15, 0.2) is 0 Å². The number of hydrogen-bond acceptors (Lipinski definition) is 2. The average molecular weight is 220 g/mol. The second kappa shape index (κ2) is 23.6. The SMILES string of the molecule is C.CC.CCCCC.CN(C)CN(C)C. The van der Waals surface area contributed by atoms with Crippen molar-refractivity contribution < 1.29 is 0 Å². The standard InChI is InChI=1S/C5H14N2.C5H12.C2H6.CH4/c1-6(2)5-7(3)4;1-3-5-4-2;1-2;/h5H2,1-4H3;3-5H2,1-2H3;1-2H3;1H4. The van der Waals surface area contributed by atoms with E-state index in [4.69, 9.17) is 0 Å². The average Bonchev–Trinajstić information content (AvgIpc) is 2.08. The fraction of sp³-hybridized carbons (Fsp3) is 1.00. The van der Waals surface area contributed by atoms with Gasteiger partial charge in [-0.05, 0) is 28.2 Å². The van der Waals surface area contributed by atoms with Crippen LogP contribution in [0.2, 0.25) is 0 Å². The summed E-state index contributed by atoms with van der Waals surface area (Å²) in [6.07, 6.45) is 4.08. The quantitative estimate of drug-likeness (QED) is 0.663. The topological polar surface area (TPSA) is 6.48 Å². The molecule has 0 spiro atoms. The molecule has 2 nitrogen and oxygen atoms in total.